The second-order valence-electron chi connectivity index (χ2n) is 7.53. The average molecular weight is 536 g/mol. The number of ketones is 1. The van der Waals surface area contributed by atoms with E-state index in [9.17, 15) is 9.18 Å². The number of anilines is 3. The molecule has 4 aromatic rings. The van der Waals surface area contributed by atoms with E-state index >= 15 is 0 Å². The topological polar surface area (TPSA) is 58.1 Å². The molecular formula is C25H18FIN4O. The molecule has 1 aliphatic heterocycles. The van der Waals surface area contributed by atoms with E-state index in [0.717, 1.165) is 39.3 Å². The van der Waals surface area contributed by atoms with Crippen LogP contribution in [0.5, 0.6) is 0 Å². The van der Waals surface area contributed by atoms with Crippen LogP contribution in [0, 0.1) is 5.82 Å². The Morgan fingerprint density at radius 2 is 1.78 bits per heavy atom. The molecule has 0 saturated carbocycles. The number of para-hydroxylation sites is 1. The highest BCUT2D eigenvalue weighted by molar-refractivity contribution is 14.1. The highest BCUT2D eigenvalue weighted by Gasteiger charge is 2.22. The van der Waals surface area contributed by atoms with Gasteiger partial charge in [0.15, 0.2) is 5.78 Å². The molecule has 5 rings (SSSR count). The van der Waals surface area contributed by atoms with Crippen LogP contribution in [0.2, 0.25) is 0 Å². The van der Waals surface area contributed by atoms with E-state index in [1.54, 1.807) is 18.3 Å². The third kappa shape index (κ3) is 4.20. The molecule has 1 N–H and O–H groups in total. The Bertz CT molecular complexity index is 1310. The van der Waals surface area contributed by atoms with E-state index in [4.69, 9.17) is 4.98 Å². The lowest BCUT2D eigenvalue weighted by Gasteiger charge is -2.23. The van der Waals surface area contributed by atoms with Gasteiger partial charge in [0.05, 0.1) is 40.8 Å². The van der Waals surface area contributed by atoms with Crippen LogP contribution in [-0.2, 0) is 11.2 Å². The number of aromatic nitrogens is 2. The van der Waals surface area contributed by atoms with Crippen molar-refractivity contribution < 1.29 is 9.18 Å². The maximum Gasteiger partial charge on any atom is 0.227 e. The van der Waals surface area contributed by atoms with Gasteiger partial charge in [0, 0.05) is 29.4 Å². The molecular weight excluding hydrogens is 518 g/mol. The van der Waals surface area contributed by atoms with Gasteiger partial charge in [-0.1, -0.05) is 42.5 Å². The lowest BCUT2D eigenvalue weighted by Crippen LogP contribution is -2.24. The molecule has 7 heteroatoms. The number of nitrogens with zero attached hydrogens (tertiary/aromatic N) is 3. The number of hydrogen-bond acceptors (Lipinski definition) is 5. The van der Waals surface area contributed by atoms with Crippen LogP contribution < -0.4 is 8.43 Å². The molecule has 0 unspecified atom stereocenters. The summed E-state index contributed by atoms with van der Waals surface area (Å²) in [6.45, 7) is 0.340. The van der Waals surface area contributed by atoms with Crippen molar-refractivity contribution in [3.8, 4) is 22.4 Å². The first kappa shape index (κ1) is 20.6. The van der Waals surface area contributed by atoms with E-state index < -0.39 is 0 Å². The molecule has 0 aliphatic carbocycles. The highest BCUT2D eigenvalue weighted by atomic mass is 127. The fourth-order valence-electron chi connectivity index (χ4n) is 3.77. The summed E-state index contributed by atoms with van der Waals surface area (Å²) in [7, 11) is 0. The normalized spacial score (nSPS) is 13.1. The van der Waals surface area contributed by atoms with Gasteiger partial charge in [-0.3, -0.25) is 4.79 Å². The molecule has 0 spiro atoms. The molecule has 0 fully saturated rings. The summed E-state index contributed by atoms with van der Waals surface area (Å²) >= 11 is 2.17. The number of Topliss-reactive ketones (excluding diaryl/α,β-unsaturated/α-hetero) is 1. The largest absolute Gasteiger partial charge is 0.324 e. The number of carbonyl (C=O) groups is 1. The van der Waals surface area contributed by atoms with Gasteiger partial charge in [-0.25, -0.2) is 14.4 Å². The molecule has 3 aromatic carbocycles. The number of benzene rings is 3. The zero-order valence-corrected chi connectivity index (χ0v) is 19.1. The SMILES string of the molecule is O=C1Cc2cnc(Nc3cccc(-c4ccc(F)cc4)c3)nc2-c2ccccc2N(I)C1. The Morgan fingerprint density at radius 1 is 0.969 bits per heavy atom. The summed E-state index contributed by atoms with van der Waals surface area (Å²) in [5.41, 5.74) is 6.18. The Kier molecular flexibility index (Phi) is 5.57. The first-order valence-corrected chi connectivity index (χ1v) is 11.1. The van der Waals surface area contributed by atoms with Crippen LogP contribution in [0.25, 0.3) is 22.4 Å². The molecule has 1 aromatic heterocycles. The zero-order valence-electron chi connectivity index (χ0n) is 16.9. The fourth-order valence-corrected chi connectivity index (χ4v) is 4.57. The lowest BCUT2D eigenvalue weighted by atomic mass is 9.99. The van der Waals surface area contributed by atoms with Crippen LogP contribution in [0.15, 0.2) is 79.0 Å². The lowest BCUT2D eigenvalue weighted by molar-refractivity contribution is -0.116. The Hall–Kier alpha value is -3.33. The van der Waals surface area contributed by atoms with E-state index in [1.807, 2.05) is 51.6 Å². The Morgan fingerprint density at radius 3 is 2.62 bits per heavy atom. The van der Waals surface area contributed by atoms with Crippen LogP contribution >= 0.6 is 22.9 Å². The average Bonchev–Trinajstić information content (AvgIpc) is 2.80. The minimum Gasteiger partial charge on any atom is -0.324 e. The highest BCUT2D eigenvalue weighted by Crippen LogP contribution is 2.36. The van der Waals surface area contributed by atoms with Gasteiger partial charge in [-0.15, -0.1) is 0 Å². The smallest absolute Gasteiger partial charge is 0.227 e. The van der Waals surface area contributed by atoms with Gasteiger partial charge in [0.25, 0.3) is 0 Å². The molecule has 0 bridgehead atoms. The Balaban J connectivity index is 1.51. The van der Waals surface area contributed by atoms with Crippen LogP contribution in [0.3, 0.4) is 0 Å². The molecule has 0 saturated heterocycles. The first-order valence-electron chi connectivity index (χ1n) is 10.1. The summed E-state index contributed by atoms with van der Waals surface area (Å²) in [6.07, 6.45) is 2.02. The predicted octanol–water partition coefficient (Wildman–Crippen LogP) is 5.97. The minimum absolute atomic E-state index is 0.117. The van der Waals surface area contributed by atoms with Crippen LogP contribution in [0.4, 0.5) is 21.7 Å². The summed E-state index contributed by atoms with van der Waals surface area (Å²) in [4.78, 5) is 21.7. The van der Waals surface area contributed by atoms with Crippen molar-refractivity contribution in [2.24, 2.45) is 0 Å². The monoisotopic (exact) mass is 536 g/mol. The van der Waals surface area contributed by atoms with Gasteiger partial charge in [-0.2, -0.15) is 0 Å². The standard InChI is InChI=1S/C25H18FIN4O/c26-19-10-8-16(9-11-19)17-4-3-5-20(12-17)29-25-28-14-18-13-21(32)15-31(27)23-7-2-1-6-22(23)24(18)30-25/h1-12,14H,13,15H2,(H,28,29,30). The minimum atomic E-state index is -0.263. The second-order valence-corrected chi connectivity index (χ2v) is 8.70. The van der Waals surface area contributed by atoms with Crippen molar-refractivity contribution in [3.63, 3.8) is 0 Å². The number of hydrogen-bond donors (Lipinski definition) is 1. The van der Waals surface area contributed by atoms with Crippen molar-refractivity contribution in [2.75, 3.05) is 15.0 Å². The third-order valence-electron chi connectivity index (χ3n) is 5.28. The molecule has 0 radical (unpaired) electrons. The quantitative estimate of drug-likeness (QED) is 0.258. The second kappa shape index (κ2) is 8.66. The summed E-state index contributed by atoms with van der Waals surface area (Å²) in [5, 5.41) is 3.27. The van der Waals surface area contributed by atoms with Gasteiger partial charge in [0.2, 0.25) is 5.95 Å². The van der Waals surface area contributed by atoms with E-state index in [0.29, 0.717) is 18.9 Å². The maximum atomic E-state index is 13.3. The van der Waals surface area contributed by atoms with E-state index in [-0.39, 0.29) is 11.6 Å². The number of nitrogens with one attached hydrogen (secondary N) is 1. The summed E-state index contributed by atoms with van der Waals surface area (Å²) in [5.74, 6) is 0.301. The van der Waals surface area contributed by atoms with Crippen molar-refractivity contribution in [1.82, 2.24) is 9.97 Å². The van der Waals surface area contributed by atoms with Gasteiger partial charge >= 0.3 is 0 Å². The molecule has 32 heavy (non-hydrogen) atoms. The molecule has 0 atom stereocenters. The Labute approximate surface area is 198 Å². The number of carbonyl (C=O) groups excluding carboxylic acids is 1. The third-order valence-corrected chi connectivity index (χ3v) is 6.15. The molecule has 1 aliphatic rings. The number of fused-ring (bicyclic) bond motifs is 3. The van der Waals surface area contributed by atoms with Crippen molar-refractivity contribution in [2.45, 2.75) is 6.42 Å². The molecule has 2 heterocycles. The summed E-state index contributed by atoms with van der Waals surface area (Å²) in [6, 6.07) is 22.1. The summed E-state index contributed by atoms with van der Waals surface area (Å²) < 4.78 is 15.2. The molecule has 158 valence electrons. The van der Waals surface area contributed by atoms with Gasteiger partial charge < -0.3 is 8.43 Å². The van der Waals surface area contributed by atoms with Gasteiger partial charge in [0.1, 0.15) is 5.82 Å². The van der Waals surface area contributed by atoms with Crippen molar-refractivity contribution >= 4 is 46.0 Å². The first-order chi connectivity index (χ1) is 15.6. The van der Waals surface area contributed by atoms with Gasteiger partial charge in [-0.05, 0) is 41.5 Å². The number of halogens is 2. The fraction of sp³-hybridized carbons (Fsp3) is 0.0800. The van der Waals surface area contributed by atoms with E-state index in [1.165, 1.54) is 12.1 Å². The zero-order chi connectivity index (χ0) is 22.1. The van der Waals surface area contributed by atoms with Crippen molar-refractivity contribution in [3.05, 3.63) is 90.4 Å². The number of rotatable bonds is 3. The van der Waals surface area contributed by atoms with Crippen LogP contribution in [0.1, 0.15) is 5.56 Å². The molecule has 0 amide bonds. The van der Waals surface area contributed by atoms with Crippen LogP contribution in [-0.4, -0.2) is 22.3 Å². The molecule has 5 nitrogen and oxygen atoms in total. The van der Waals surface area contributed by atoms with Crippen molar-refractivity contribution in [1.29, 1.82) is 0 Å². The predicted molar refractivity (Wildman–Crippen MR) is 133 cm³/mol. The maximum absolute atomic E-state index is 13.3. The van der Waals surface area contributed by atoms with E-state index in [2.05, 4.69) is 33.2 Å².